The standard InChI is InChI=1S/C45H85NO6S/c1-3-5-7-9-11-13-15-17-19-20-21-22-23-24-25-26-28-30-32-34-36-38-40-44(48)45(49)46-42(41-53(50,51)52)43(47)39-37-35-33-31-29-27-18-16-14-12-10-8-6-4-2/h14,16,29,31,37,39,42-44,47-48H,3-13,15,17-28,30,32-36,38,40-41H2,1-2H3,(H,46,49)(H,50,51,52)/b16-14+,31-29+,39-37+. The number of aliphatic hydroxyl groups excluding tert-OH is 2. The fourth-order valence-electron chi connectivity index (χ4n) is 6.72. The van der Waals surface area contributed by atoms with E-state index in [4.69, 9.17) is 0 Å². The molecule has 7 nitrogen and oxygen atoms in total. The van der Waals surface area contributed by atoms with Crippen LogP contribution in [0, 0.1) is 0 Å². The second-order valence-electron chi connectivity index (χ2n) is 15.5. The number of aliphatic hydroxyl groups is 2. The van der Waals surface area contributed by atoms with Crippen molar-refractivity contribution in [3.63, 3.8) is 0 Å². The van der Waals surface area contributed by atoms with E-state index >= 15 is 0 Å². The summed E-state index contributed by atoms with van der Waals surface area (Å²) in [7, 11) is -4.45. The fourth-order valence-corrected chi connectivity index (χ4v) is 7.46. The first-order chi connectivity index (χ1) is 25.7. The van der Waals surface area contributed by atoms with Crippen LogP contribution in [0.25, 0.3) is 0 Å². The average Bonchev–Trinajstić information content (AvgIpc) is 3.12. The fraction of sp³-hybridized carbons (Fsp3) is 0.844. The van der Waals surface area contributed by atoms with Crippen LogP contribution in [0.4, 0.5) is 0 Å². The topological polar surface area (TPSA) is 124 Å². The Hall–Kier alpha value is -1.48. The van der Waals surface area contributed by atoms with Gasteiger partial charge < -0.3 is 15.5 Å². The molecule has 0 fully saturated rings. The smallest absolute Gasteiger partial charge is 0.267 e. The number of hydrogen-bond acceptors (Lipinski definition) is 5. The van der Waals surface area contributed by atoms with Gasteiger partial charge in [-0.2, -0.15) is 8.42 Å². The van der Waals surface area contributed by atoms with Crippen LogP contribution in [0.1, 0.15) is 219 Å². The summed E-state index contributed by atoms with van der Waals surface area (Å²) in [5.41, 5.74) is 0. The Morgan fingerprint density at radius 2 is 0.849 bits per heavy atom. The monoisotopic (exact) mass is 768 g/mol. The van der Waals surface area contributed by atoms with E-state index < -0.39 is 40.0 Å². The van der Waals surface area contributed by atoms with Gasteiger partial charge in [-0.25, -0.2) is 0 Å². The van der Waals surface area contributed by atoms with Gasteiger partial charge in [0.05, 0.1) is 17.9 Å². The number of amides is 1. The van der Waals surface area contributed by atoms with Crippen LogP contribution in [-0.4, -0.2) is 53.1 Å². The highest BCUT2D eigenvalue weighted by molar-refractivity contribution is 7.85. The number of rotatable bonds is 40. The molecule has 1 amide bonds. The summed E-state index contributed by atoms with van der Waals surface area (Å²) in [5.74, 6) is -1.56. The van der Waals surface area contributed by atoms with E-state index in [2.05, 4.69) is 43.5 Å². The van der Waals surface area contributed by atoms with Crippen molar-refractivity contribution >= 4 is 16.0 Å². The molecule has 0 aromatic rings. The normalized spacial score (nSPS) is 14.1. The van der Waals surface area contributed by atoms with E-state index in [-0.39, 0.29) is 6.42 Å². The number of carbonyl (C=O) groups is 1. The summed E-state index contributed by atoms with van der Waals surface area (Å²) >= 11 is 0. The molecular formula is C45H85NO6S. The molecule has 3 unspecified atom stereocenters. The van der Waals surface area contributed by atoms with E-state index in [0.717, 1.165) is 44.9 Å². The molecule has 3 atom stereocenters. The number of nitrogens with one attached hydrogen (secondary N) is 1. The summed E-state index contributed by atoms with van der Waals surface area (Å²) < 4.78 is 32.5. The minimum Gasteiger partial charge on any atom is -0.387 e. The highest BCUT2D eigenvalue weighted by Gasteiger charge is 2.27. The van der Waals surface area contributed by atoms with Crippen molar-refractivity contribution in [1.82, 2.24) is 5.32 Å². The van der Waals surface area contributed by atoms with Crippen LogP contribution < -0.4 is 5.32 Å². The summed E-state index contributed by atoms with van der Waals surface area (Å²) in [6, 6.07) is -1.25. The van der Waals surface area contributed by atoms with Gasteiger partial charge >= 0.3 is 0 Å². The molecule has 0 aromatic heterocycles. The van der Waals surface area contributed by atoms with Crippen LogP contribution >= 0.6 is 0 Å². The maximum absolute atomic E-state index is 12.6. The van der Waals surface area contributed by atoms with E-state index in [1.807, 2.05) is 0 Å². The number of allylic oxidation sites excluding steroid dienone is 5. The summed E-state index contributed by atoms with van der Waals surface area (Å²) in [4.78, 5) is 12.6. The molecule has 53 heavy (non-hydrogen) atoms. The minimum absolute atomic E-state index is 0.274. The quantitative estimate of drug-likeness (QED) is 0.0280. The maximum Gasteiger partial charge on any atom is 0.267 e. The average molecular weight is 768 g/mol. The van der Waals surface area contributed by atoms with E-state index in [9.17, 15) is 28.0 Å². The van der Waals surface area contributed by atoms with Gasteiger partial charge in [0.2, 0.25) is 5.91 Å². The third-order valence-corrected chi connectivity index (χ3v) is 10.9. The van der Waals surface area contributed by atoms with E-state index in [1.165, 1.54) is 147 Å². The van der Waals surface area contributed by atoms with Crippen molar-refractivity contribution in [3.05, 3.63) is 36.5 Å². The lowest BCUT2D eigenvalue weighted by Crippen LogP contribution is -2.50. The van der Waals surface area contributed by atoms with Gasteiger partial charge in [-0.05, 0) is 44.9 Å². The Kier molecular flexibility index (Phi) is 37.7. The molecule has 4 N–H and O–H groups in total. The van der Waals surface area contributed by atoms with Gasteiger partial charge in [0, 0.05) is 0 Å². The second kappa shape index (κ2) is 38.8. The number of unbranched alkanes of at least 4 members (excludes halogenated alkanes) is 27. The second-order valence-corrected chi connectivity index (χ2v) is 17.0. The Morgan fingerprint density at radius 3 is 1.25 bits per heavy atom. The highest BCUT2D eigenvalue weighted by Crippen LogP contribution is 2.16. The SMILES string of the molecule is CCCCCC/C=C/CC/C=C/CC/C=C/C(O)C(CS(=O)(=O)O)NC(=O)C(O)CCCCCCCCCCCCCCCCCCCCCCCC. The highest BCUT2D eigenvalue weighted by atomic mass is 32.2. The van der Waals surface area contributed by atoms with Gasteiger partial charge in [0.1, 0.15) is 6.10 Å². The van der Waals surface area contributed by atoms with Crippen LogP contribution in [0.5, 0.6) is 0 Å². The molecule has 0 heterocycles. The molecule has 0 spiro atoms. The predicted octanol–water partition coefficient (Wildman–Crippen LogP) is 12.3. The van der Waals surface area contributed by atoms with Crippen molar-refractivity contribution in [2.45, 2.75) is 238 Å². The van der Waals surface area contributed by atoms with Gasteiger partial charge in [-0.3, -0.25) is 9.35 Å². The van der Waals surface area contributed by atoms with Gasteiger partial charge in [0.25, 0.3) is 10.1 Å². The number of carbonyl (C=O) groups excluding carboxylic acids is 1. The van der Waals surface area contributed by atoms with Gasteiger partial charge in [-0.15, -0.1) is 0 Å². The molecular weight excluding hydrogens is 683 g/mol. The molecule has 0 bridgehead atoms. The number of hydrogen-bond donors (Lipinski definition) is 4. The molecule has 0 aliphatic heterocycles. The van der Waals surface area contributed by atoms with E-state index in [1.54, 1.807) is 6.08 Å². The summed E-state index contributed by atoms with van der Waals surface area (Å²) in [6.07, 6.45) is 47.8. The predicted molar refractivity (Wildman–Crippen MR) is 227 cm³/mol. The molecule has 0 aliphatic carbocycles. The third kappa shape index (κ3) is 38.6. The van der Waals surface area contributed by atoms with Crippen molar-refractivity contribution in [2.24, 2.45) is 0 Å². The van der Waals surface area contributed by atoms with Crippen molar-refractivity contribution in [3.8, 4) is 0 Å². The van der Waals surface area contributed by atoms with Crippen LogP contribution in [0.15, 0.2) is 36.5 Å². The molecule has 0 rings (SSSR count). The van der Waals surface area contributed by atoms with Crippen LogP contribution in [0.2, 0.25) is 0 Å². The third-order valence-electron chi connectivity index (χ3n) is 10.2. The zero-order valence-electron chi connectivity index (χ0n) is 34.5. The summed E-state index contributed by atoms with van der Waals surface area (Å²) in [6.45, 7) is 4.50. The Bertz CT molecular complexity index is 995. The molecule has 8 heteroatoms. The Labute approximate surface area is 328 Å². The lowest BCUT2D eigenvalue weighted by molar-refractivity contribution is -0.130. The maximum atomic E-state index is 12.6. The van der Waals surface area contributed by atoms with Crippen LogP contribution in [0.3, 0.4) is 0 Å². The molecule has 0 saturated heterocycles. The lowest BCUT2D eigenvalue weighted by atomic mass is 10.0. The minimum atomic E-state index is -4.45. The molecule has 312 valence electrons. The van der Waals surface area contributed by atoms with Crippen molar-refractivity contribution < 1.29 is 28.0 Å². The first-order valence-electron chi connectivity index (χ1n) is 22.3. The molecule has 0 aromatic carbocycles. The molecule has 0 saturated carbocycles. The Balaban J connectivity index is 3.96. The lowest BCUT2D eigenvalue weighted by Gasteiger charge is -2.22. The molecule has 0 aliphatic rings. The van der Waals surface area contributed by atoms with Gasteiger partial charge in [-0.1, -0.05) is 211 Å². The summed E-state index contributed by atoms with van der Waals surface area (Å²) in [5, 5.41) is 23.4. The van der Waals surface area contributed by atoms with E-state index in [0.29, 0.717) is 12.8 Å². The van der Waals surface area contributed by atoms with Gasteiger partial charge in [0.15, 0.2) is 0 Å². The zero-order valence-corrected chi connectivity index (χ0v) is 35.3. The Morgan fingerprint density at radius 1 is 0.509 bits per heavy atom. The van der Waals surface area contributed by atoms with Crippen molar-refractivity contribution in [2.75, 3.05) is 5.75 Å². The van der Waals surface area contributed by atoms with Crippen molar-refractivity contribution in [1.29, 1.82) is 0 Å². The largest absolute Gasteiger partial charge is 0.387 e. The molecule has 0 radical (unpaired) electrons. The zero-order chi connectivity index (χ0) is 39.1. The van der Waals surface area contributed by atoms with Crippen LogP contribution in [-0.2, 0) is 14.9 Å². The first kappa shape index (κ1) is 51.5. The first-order valence-corrected chi connectivity index (χ1v) is 23.9.